The Morgan fingerprint density at radius 1 is 1.04 bits per heavy atom. The third-order valence-electron chi connectivity index (χ3n) is 3.79. The van der Waals surface area contributed by atoms with Crippen LogP contribution in [0.5, 0.6) is 0 Å². The minimum absolute atomic E-state index is 0.0149. The molecule has 138 valence electrons. The first kappa shape index (κ1) is 19.1. The van der Waals surface area contributed by atoms with Gasteiger partial charge in [-0.2, -0.15) is 0 Å². The average molecular weight is 402 g/mol. The number of carbonyl (C=O) groups excluding carboxylic acids is 3. The van der Waals surface area contributed by atoms with E-state index in [4.69, 9.17) is 16.3 Å². The Morgan fingerprint density at radius 2 is 1.78 bits per heavy atom. The second-order valence-corrected chi connectivity index (χ2v) is 7.27. The lowest BCUT2D eigenvalue weighted by atomic mass is 10.2. The Morgan fingerprint density at radius 3 is 2.52 bits per heavy atom. The Kier molecular flexibility index (Phi) is 6.21. The molecule has 7 heteroatoms. The Hall–Kier alpha value is -2.70. The second kappa shape index (κ2) is 8.79. The molecule has 3 rings (SSSR count). The number of ketones is 1. The Bertz CT molecular complexity index is 948. The minimum Gasteiger partial charge on any atom is -0.457 e. The maximum absolute atomic E-state index is 12.2. The zero-order valence-corrected chi connectivity index (χ0v) is 15.8. The molecular formula is C20H16ClNO4S. The van der Waals surface area contributed by atoms with Gasteiger partial charge in [-0.1, -0.05) is 29.8 Å². The zero-order chi connectivity index (χ0) is 19.2. The van der Waals surface area contributed by atoms with E-state index in [-0.39, 0.29) is 31.3 Å². The molecule has 0 spiro atoms. The Balaban J connectivity index is 1.42. The van der Waals surface area contributed by atoms with Crippen LogP contribution in [0, 0.1) is 0 Å². The van der Waals surface area contributed by atoms with Crippen LogP contribution in [0.15, 0.2) is 54.6 Å². The average Bonchev–Trinajstić information content (AvgIpc) is 3.11. The first-order valence-electron chi connectivity index (χ1n) is 8.24. The summed E-state index contributed by atoms with van der Waals surface area (Å²) in [6.45, 7) is -0.186. The topological polar surface area (TPSA) is 72.5 Å². The number of halogens is 1. The SMILES string of the molecule is O=C(CCNC(=O)c1ccc(Cl)cc1)OCC(=O)c1cc2ccccc2s1. The molecule has 1 aromatic heterocycles. The highest BCUT2D eigenvalue weighted by Gasteiger charge is 2.13. The number of rotatable bonds is 7. The standard InChI is InChI=1S/C20H16ClNO4S/c21-15-7-5-13(6-8-15)20(25)22-10-9-19(24)26-12-16(23)18-11-14-3-1-2-4-17(14)27-18/h1-8,11H,9-10,12H2,(H,22,25). The van der Waals surface area contributed by atoms with Crippen molar-refractivity contribution in [3.8, 4) is 0 Å². The number of benzene rings is 2. The highest BCUT2D eigenvalue weighted by atomic mass is 35.5. The first-order chi connectivity index (χ1) is 13.0. The molecule has 0 radical (unpaired) electrons. The fraction of sp³-hybridized carbons (Fsp3) is 0.150. The number of thiophene rings is 1. The molecule has 27 heavy (non-hydrogen) atoms. The molecule has 1 N–H and O–H groups in total. The lowest BCUT2D eigenvalue weighted by Gasteiger charge is -2.06. The molecule has 2 aromatic carbocycles. The van der Waals surface area contributed by atoms with Crippen LogP contribution in [0.2, 0.25) is 5.02 Å². The number of hydrogen-bond donors (Lipinski definition) is 1. The van der Waals surface area contributed by atoms with Crippen LogP contribution in [0.3, 0.4) is 0 Å². The number of nitrogens with one attached hydrogen (secondary N) is 1. The summed E-state index contributed by atoms with van der Waals surface area (Å²) < 4.78 is 6.02. The van der Waals surface area contributed by atoms with Gasteiger partial charge in [0.25, 0.3) is 5.91 Å². The molecule has 1 heterocycles. The number of amides is 1. The molecule has 0 aliphatic rings. The lowest BCUT2D eigenvalue weighted by molar-refractivity contribution is -0.142. The normalized spacial score (nSPS) is 10.6. The number of esters is 1. The fourth-order valence-electron chi connectivity index (χ4n) is 2.39. The summed E-state index contributed by atoms with van der Waals surface area (Å²) in [6.07, 6.45) is -0.0149. The van der Waals surface area contributed by atoms with Crippen molar-refractivity contribution in [2.75, 3.05) is 13.2 Å². The third-order valence-corrected chi connectivity index (χ3v) is 5.19. The van der Waals surface area contributed by atoms with Crippen LogP contribution in [0.4, 0.5) is 0 Å². The van der Waals surface area contributed by atoms with E-state index in [0.717, 1.165) is 10.1 Å². The van der Waals surface area contributed by atoms with Crippen LogP contribution < -0.4 is 5.32 Å². The van der Waals surface area contributed by atoms with Crippen molar-refractivity contribution < 1.29 is 19.1 Å². The molecule has 0 bridgehead atoms. The van der Waals surface area contributed by atoms with E-state index in [9.17, 15) is 14.4 Å². The summed E-state index contributed by atoms with van der Waals surface area (Å²) in [5.74, 6) is -1.09. The first-order valence-corrected chi connectivity index (χ1v) is 9.43. The van der Waals surface area contributed by atoms with Gasteiger partial charge in [-0.05, 0) is 41.8 Å². The third kappa shape index (κ3) is 5.15. The smallest absolute Gasteiger partial charge is 0.308 e. The van der Waals surface area contributed by atoms with Crippen molar-refractivity contribution >= 4 is 50.7 Å². The van der Waals surface area contributed by atoms with Gasteiger partial charge < -0.3 is 10.1 Å². The maximum Gasteiger partial charge on any atom is 0.308 e. The monoisotopic (exact) mass is 401 g/mol. The predicted octanol–water partition coefficient (Wildman–Crippen LogP) is 4.10. The van der Waals surface area contributed by atoms with Crippen molar-refractivity contribution in [1.82, 2.24) is 5.32 Å². The van der Waals surface area contributed by atoms with Gasteiger partial charge in [-0.15, -0.1) is 11.3 Å². The molecule has 0 aliphatic heterocycles. The lowest BCUT2D eigenvalue weighted by Crippen LogP contribution is -2.27. The van der Waals surface area contributed by atoms with Crippen molar-refractivity contribution in [2.24, 2.45) is 0 Å². The maximum atomic E-state index is 12.2. The summed E-state index contributed by atoms with van der Waals surface area (Å²) in [5, 5.41) is 4.15. The quantitative estimate of drug-likeness (QED) is 0.478. The van der Waals surface area contributed by atoms with Crippen molar-refractivity contribution in [3.05, 3.63) is 70.1 Å². The molecule has 5 nitrogen and oxygen atoms in total. The Labute approximate surface area is 164 Å². The predicted molar refractivity (Wildman–Crippen MR) is 106 cm³/mol. The van der Waals surface area contributed by atoms with Crippen LogP contribution in [-0.2, 0) is 9.53 Å². The van der Waals surface area contributed by atoms with E-state index in [1.807, 2.05) is 24.3 Å². The van der Waals surface area contributed by atoms with E-state index >= 15 is 0 Å². The van der Waals surface area contributed by atoms with Gasteiger partial charge in [0, 0.05) is 21.8 Å². The van der Waals surface area contributed by atoms with E-state index in [1.165, 1.54) is 11.3 Å². The minimum atomic E-state index is -0.541. The van der Waals surface area contributed by atoms with Crippen molar-refractivity contribution in [1.29, 1.82) is 0 Å². The molecule has 0 unspecified atom stereocenters. The number of Topliss-reactive ketones (excluding diaryl/α,β-unsaturated/α-hetero) is 1. The van der Waals surface area contributed by atoms with Crippen molar-refractivity contribution in [3.63, 3.8) is 0 Å². The second-order valence-electron chi connectivity index (χ2n) is 5.75. The summed E-state index contributed by atoms with van der Waals surface area (Å²) in [5.41, 5.74) is 0.452. The number of hydrogen-bond acceptors (Lipinski definition) is 5. The van der Waals surface area contributed by atoms with Gasteiger partial charge in [0.15, 0.2) is 6.61 Å². The summed E-state index contributed by atoms with van der Waals surface area (Å²) in [6, 6.07) is 15.9. The van der Waals surface area contributed by atoms with Gasteiger partial charge in [0.05, 0.1) is 11.3 Å². The van der Waals surface area contributed by atoms with E-state index in [2.05, 4.69) is 5.32 Å². The van der Waals surface area contributed by atoms with Gasteiger partial charge in [0.1, 0.15) is 0 Å². The van der Waals surface area contributed by atoms with Gasteiger partial charge in [0.2, 0.25) is 5.78 Å². The van der Waals surface area contributed by atoms with Gasteiger partial charge in [-0.3, -0.25) is 14.4 Å². The largest absolute Gasteiger partial charge is 0.457 e. The van der Waals surface area contributed by atoms with Crippen molar-refractivity contribution in [2.45, 2.75) is 6.42 Å². The number of fused-ring (bicyclic) bond motifs is 1. The summed E-state index contributed by atoms with van der Waals surface area (Å²) in [4.78, 5) is 36.4. The van der Waals surface area contributed by atoms with E-state index < -0.39 is 5.97 Å². The van der Waals surface area contributed by atoms with Crippen LogP contribution in [-0.4, -0.2) is 30.8 Å². The summed E-state index contributed by atoms with van der Waals surface area (Å²) >= 11 is 7.14. The highest BCUT2D eigenvalue weighted by molar-refractivity contribution is 7.20. The van der Waals surface area contributed by atoms with Gasteiger partial charge in [-0.25, -0.2) is 0 Å². The molecule has 0 saturated heterocycles. The van der Waals surface area contributed by atoms with Gasteiger partial charge >= 0.3 is 5.97 Å². The van der Waals surface area contributed by atoms with Crippen LogP contribution >= 0.6 is 22.9 Å². The molecule has 3 aromatic rings. The molecule has 0 aliphatic carbocycles. The molecule has 0 atom stereocenters. The zero-order valence-electron chi connectivity index (χ0n) is 14.2. The summed E-state index contributed by atoms with van der Waals surface area (Å²) in [7, 11) is 0. The number of carbonyl (C=O) groups is 3. The molecule has 1 amide bonds. The number of ether oxygens (including phenoxy) is 1. The van der Waals surface area contributed by atoms with E-state index in [0.29, 0.717) is 15.5 Å². The van der Waals surface area contributed by atoms with Crippen LogP contribution in [0.25, 0.3) is 10.1 Å². The molecule has 0 fully saturated rings. The van der Waals surface area contributed by atoms with Crippen LogP contribution in [0.1, 0.15) is 26.5 Å². The molecular weight excluding hydrogens is 386 g/mol. The van der Waals surface area contributed by atoms with E-state index in [1.54, 1.807) is 30.3 Å². The fourth-order valence-corrected chi connectivity index (χ4v) is 3.50. The highest BCUT2D eigenvalue weighted by Crippen LogP contribution is 2.25. The molecule has 0 saturated carbocycles.